The summed E-state index contributed by atoms with van der Waals surface area (Å²) in [5.74, 6) is 1.08. The number of hydrogen-bond acceptors (Lipinski definition) is 3. The Morgan fingerprint density at radius 1 is 1.22 bits per heavy atom. The fraction of sp³-hybridized carbons (Fsp3) is 0.500. The Kier molecular flexibility index (Phi) is 3.78. The summed E-state index contributed by atoms with van der Waals surface area (Å²) in [4.78, 5) is 19.5. The summed E-state index contributed by atoms with van der Waals surface area (Å²) in [5, 5.41) is 0. The Morgan fingerprint density at radius 2 is 2.04 bits per heavy atom. The van der Waals surface area contributed by atoms with E-state index < -0.39 is 0 Å². The second kappa shape index (κ2) is 5.88. The number of allylic oxidation sites excluding steroid dienone is 2. The Balaban J connectivity index is 1.77. The minimum Gasteiger partial charge on any atom is -0.294 e. The molecule has 3 heteroatoms. The quantitative estimate of drug-likeness (QED) is 0.661. The van der Waals surface area contributed by atoms with Crippen molar-refractivity contribution in [2.75, 3.05) is 0 Å². The van der Waals surface area contributed by atoms with Crippen molar-refractivity contribution in [3.05, 3.63) is 62.6 Å². The number of Topliss-reactive ketones (excluding diaryl/α,β-unsaturated/α-hetero) is 1. The molecular weight excluding hydrogens is 350 g/mol. The largest absolute Gasteiger partial charge is 0.294 e. The van der Waals surface area contributed by atoms with Crippen molar-refractivity contribution in [2.45, 2.75) is 70.6 Å². The molecule has 140 valence electrons. The van der Waals surface area contributed by atoms with Gasteiger partial charge in [0.25, 0.3) is 0 Å². The van der Waals surface area contributed by atoms with Gasteiger partial charge in [0.1, 0.15) is 0 Å². The zero-order valence-corrected chi connectivity index (χ0v) is 17.3. The molecule has 1 atom stereocenters. The highest BCUT2D eigenvalue weighted by molar-refractivity contribution is 7.10. The van der Waals surface area contributed by atoms with Gasteiger partial charge in [0, 0.05) is 23.3 Å². The van der Waals surface area contributed by atoms with Crippen molar-refractivity contribution >= 4 is 17.1 Å². The molecule has 0 amide bonds. The van der Waals surface area contributed by atoms with Crippen molar-refractivity contribution in [3.8, 4) is 0 Å². The molecule has 0 aliphatic heterocycles. The van der Waals surface area contributed by atoms with Crippen molar-refractivity contribution in [1.82, 2.24) is 4.98 Å². The number of thiazole rings is 1. The third-order valence-corrected chi connectivity index (χ3v) is 7.79. The van der Waals surface area contributed by atoms with E-state index in [1.807, 2.05) is 5.51 Å². The van der Waals surface area contributed by atoms with Gasteiger partial charge in [-0.2, -0.15) is 0 Å². The molecule has 1 fully saturated rings. The fourth-order valence-electron chi connectivity index (χ4n) is 5.49. The van der Waals surface area contributed by atoms with E-state index in [4.69, 9.17) is 4.98 Å². The predicted octanol–water partition coefficient (Wildman–Crippen LogP) is 5.96. The Morgan fingerprint density at radius 3 is 2.78 bits per heavy atom. The lowest BCUT2D eigenvalue weighted by Gasteiger charge is -2.44. The number of rotatable bonds is 3. The highest BCUT2D eigenvalue weighted by Gasteiger charge is 2.50. The molecule has 1 unspecified atom stereocenters. The highest BCUT2D eigenvalue weighted by atomic mass is 32.1. The minimum absolute atomic E-state index is 0.0543. The zero-order valence-electron chi connectivity index (χ0n) is 16.5. The van der Waals surface area contributed by atoms with E-state index in [0.717, 1.165) is 30.8 Å². The number of ketones is 1. The Hall–Kier alpha value is -1.74. The topological polar surface area (TPSA) is 30.0 Å². The van der Waals surface area contributed by atoms with Crippen LogP contribution in [-0.4, -0.2) is 10.8 Å². The van der Waals surface area contributed by atoms with Crippen molar-refractivity contribution in [2.24, 2.45) is 5.41 Å². The lowest BCUT2D eigenvalue weighted by atomic mass is 9.58. The zero-order chi connectivity index (χ0) is 18.8. The molecular formula is C24H27NOS. The van der Waals surface area contributed by atoms with Gasteiger partial charge in [0.2, 0.25) is 0 Å². The molecule has 3 aliphatic carbocycles. The van der Waals surface area contributed by atoms with Gasteiger partial charge in [0.05, 0.1) is 16.6 Å². The van der Waals surface area contributed by atoms with Gasteiger partial charge in [-0.15, -0.1) is 11.3 Å². The first-order valence-corrected chi connectivity index (χ1v) is 11.1. The summed E-state index contributed by atoms with van der Waals surface area (Å²) in [5.41, 5.74) is 8.13. The molecule has 1 aromatic heterocycles. The first-order valence-electron chi connectivity index (χ1n) is 10.2. The maximum absolute atomic E-state index is 13.5. The number of aromatic nitrogens is 1. The van der Waals surface area contributed by atoms with Crippen molar-refractivity contribution < 1.29 is 4.79 Å². The molecule has 0 radical (unpaired) electrons. The summed E-state index contributed by atoms with van der Waals surface area (Å²) in [6, 6.07) is 9.12. The third kappa shape index (κ3) is 2.58. The van der Waals surface area contributed by atoms with E-state index in [0.29, 0.717) is 12.2 Å². The van der Waals surface area contributed by atoms with Crippen LogP contribution in [0.1, 0.15) is 80.5 Å². The molecule has 2 nitrogen and oxygen atoms in total. The number of hydrogen-bond donors (Lipinski definition) is 0. The van der Waals surface area contributed by atoms with E-state index in [9.17, 15) is 4.79 Å². The van der Waals surface area contributed by atoms with Crippen LogP contribution >= 0.6 is 11.3 Å². The first-order chi connectivity index (χ1) is 12.9. The third-order valence-electron chi connectivity index (χ3n) is 6.76. The minimum atomic E-state index is -0.303. The monoisotopic (exact) mass is 377 g/mol. The van der Waals surface area contributed by atoms with E-state index in [-0.39, 0.29) is 10.8 Å². The Bertz CT molecular complexity index is 962. The average molecular weight is 378 g/mol. The number of benzene rings is 1. The van der Waals surface area contributed by atoms with Gasteiger partial charge < -0.3 is 0 Å². The lowest BCUT2D eigenvalue weighted by molar-refractivity contribution is -0.118. The molecule has 0 saturated heterocycles. The highest BCUT2D eigenvalue weighted by Crippen LogP contribution is 2.55. The second-order valence-corrected chi connectivity index (χ2v) is 10.2. The number of carbonyl (C=O) groups excluding carboxylic acids is 1. The SMILES string of the molecule is CCC1(c2cccc(C3CC3)c2)C2=C(Cc3ncsc31)CC(C)(C)CC2=O. The molecule has 0 spiro atoms. The van der Waals surface area contributed by atoms with E-state index >= 15 is 0 Å². The normalized spacial score (nSPS) is 26.7. The molecule has 27 heavy (non-hydrogen) atoms. The molecule has 0 N–H and O–H groups in total. The van der Waals surface area contributed by atoms with Gasteiger partial charge in [-0.1, -0.05) is 50.6 Å². The maximum atomic E-state index is 13.5. The van der Waals surface area contributed by atoms with Crippen molar-refractivity contribution in [1.29, 1.82) is 0 Å². The number of carbonyl (C=O) groups is 1. The fourth-order valence-corrected chi connectivity index (χ4v) is 6.60. The van der Waals surface area contributed by atoms with E-state index in [2.05, 4.69) is 45.0 Å². The smallest absolute Gasteiger partial charge is 0.160 e. The standard InChI is InChI=1S/C24H27NOS/c1-4-24(18-7-5-6-16(10-18)15-8-9-15)21-17(11-19-22(24)27-14-25-19)12-23(2,3)13-20(21)26/h5-7,10,14-15H,4,8-9,11-13H2,1-3H3. The van der Waals surface area contributed by atoms with Crippen LogP contribution in [0.25, 0.3) is 0 Å². The molecule has 3 aliphatic rings. The van der Waals surface area contributed by atoms with Crippen LogP contribution in [0.15, 0.2) is 40.9 Å². The van der Waals surface area contributed by atoms with Gasteiger partial charge in [-0.05, 0) is 48.1 Å². The number of fused-ring (bicyclic) bond motifs is 1. The molecule has 2 aromatic rings. The molecule has 0 bridgehead atoms. The summed E-state index contributed by atoms with van der Waals surface area (Å²) in [6.07, 6.45) is 6.04. The molecule has 1 saturated carbocycles. The number of nitrogens with zero attached hydrogens (tertiary/aromatic N) is 1. The first kappa shape index (κ1) is 17.4. The summed E-state index contributed by atoms with van der Waals surface area (Å²) < 4.78 is 0. The summed E-state index contributed by atoms with van der Waals surface area (Å²) in [6.45, 7) is 6.70. The molecule has 1 aromatic carbocycles. The summed E-state index contributed by atoms with van der Waals surface area (Å²) in [7, 11) is 0. The average Bonchev–Trinajstić information content (AvgIpc) is 3.37. The van der Waals surface area contributed by atoms with Crippen molar-refractivity contribution in [3.63, 3.8) is 0 Å². The van der Waals surface area contributed by atoms with Crippen LogP contribution in [0, 0.1) is 5.41 Å². The van der Waals surface area contributed by atoms with Gasteiger partial charge in [0.15, 0.2) is 5.78 Å². The Labute approximate surface area is 165 Å². The van der Waals surface area contributed by atoms with Crippen LogP contribution in [-0.2, 0) is 16.6 Å². The molecule has 5 rings (SSSR count). The van der Waals surface area contributed by atoms with E-state index in [1.54, 1.807) is 11.3 Å². The van der Waals surface area contributed by atoms with Gasteiger partial charge >= 0.3 is 0 Å². The van der Waals surface area contributed by atoms with Crippen LogP contribution in [0.5, 0.6) is 0 Å². The molecule has 1 heterocycles. The second-order valence-electron chi connectivity index (χ2n) is 9.38. The van der Waals surface area contributed by atoms with Crippen LogP contribution in [0.2, 0.25) is 0 Å². The summed E-state index contributed by atoms with van der Waals surface area (Å²) >= 11 is 1.74. The van der Waals surface area contributed by atoms with Crippen LogP contribution in [0.4, 0.5) is 0 Å². The van der Waals surface area contributed by atoms with E-state index in [1.165, 1.54) is 40.1 Å². The van der Waals surface area contributed by atoms with Crippen LogP contribution < -0.4 is 0 Å². The lowest BCUT2D eigenvalue weighted by Crippen LogP contribution is -2.42. The van der Waals surface area contributed by atoms with Gasteiger partial charge in [-0.3, -0.25) is 4.79 Å². The predicted molar refractivity (Wildman–Crippen MR) is 110 cm³/mol. The maximum Gasteiger partial charge on any atom is 0.160 e. The van der Waals surface area contributed by atoms with Gasteiger partial charge in [-0.25, -0.2) is 4.98 Å². The van der Waals surface area contributed by atoms with Crippen LogP contribution in [0.3, 0.4) is 0 Å².